The SMILES string of the molecule is O=C(O)c1ccc2ccc(Cl)c(Br)c2n1. The predicted octanol–water partition coefficient (Wildman–Crippen LogP) is 3.35. The van der Waals surface area contributed by atoms with Gasteiger partial charge in [0.1, 0.15) is 5.69 Å². The van der Waals surface area contributed by atoms with E-state index in [1.807, 2.05) is 0 Å². The number of aromatic carboxylic acids is 1. The number of pyridine rings is 1. The summed E-state index contributed by atoms with van der Waals surface area (Å²) in [5.74, 6) is -1.05. The van der Waals surface area contributed by atoms with E-state index in [1.54, 1.807) is 18.2 Å². The van der Waals surface area contributed by atoms with Crippen molar-refractivity contribution in [1.82, 2.24) is 4.98 Å². The molecule has 0 aliphatic rings. The summed E-state index contributed by atoms with van der Waals surface area (Å²) in [6.07, 6.45) is 0. The number of benzene rings is 1. The van der Waals surface area contributed by atoms with Gasteiger partial charge in [-0.25, -0.2) is 9.78 Å². The van der Waals surface area contributed by atoms with E-state index in [1.165, 1.54) is 6.07 Å². The summed E-state index contributed by atoms with van der Waals surface area (Å²) in [7, 11) is 0. The number of carbonyl (C=O) groups is 1. The van der Waals surface area contributed by atoms with Crippen molar-refractivity contribution in [3.05, 3.63) is 39.5 Å². The highest BCUT2D eigenvalue weighted by molar-refractivity contribution is 9.10. The Bertz CT molecular complexity index is 556. The summed E-state index contributed by atoms with van der Waals surface area (Å²) < 4.78 is 0.616. The standard InChI is InChI=1S/C10H5BrClNO2/c11-8-6(12)3-1-5-2-4-7(10(14)15)13-9(5)8/h1-4H,(H,14,15). The Balaban J connectivity index is 2.79. The van der Waals surface area contributed by atoms with Gasteiger partial charge in [-0.2, -0.15) is 0 Å². The fraction of sp³-hybridized carbons (Fsp3) is 0. The van der Waals surface area contributed by atoms with Gasteiger partial charge in [0.15, 0.2) is 0 Å². The summed E-state index contributed by atoms with van der Waals surface area (Å²) in [5, 5.41) is 10.1. The van der Waals surface area contributed by atoms with Gasteiger partial charge >= 0.3 is 5.97 Å². The number of fused-ring (bicyclic) bond motifs is 1. The minimum Gasteiger partial charge on any atom is -0.477 e. The lowest BCUT2D eigenvalue weighted by Crippen LogP contribution is -1.99. The predicted molar refractivity (Wildman–Crippen MR) is 61.4 cm³/mol. The maximum Gasteiger partial charge on any atom is 0.354 e. The van der Waals surface area contributed by atoms with Crippen LogP contribution in [0.25, 0.3) is 10.9 Å². The van der Waals surface area contributed by atoms with Gasteiger partial charge in [0, 0.05) is 5.39 Å². The quantitative estimate of drug-likeness (QED) is 0.874. The van der Waals surface area contributed by atoms with Crippen LogP contribution in [0.2, 0.25) is 5.02 Å². The van der Waals surface area contributed by atoms with E-state index >= 15 is 0 Å². The molecule has 0 saturated heterocycles. The molecule has 0 amide bonds. The Labute approximate surface area is 98.8 Å². The Kier molecular flexibility index (Phi) is 2.63. The van der Waals surface area contributed by atoms with Gasteiger partial charge in [0.05, 0.1) is 15.0 Å². The molecule has 2 aromatic rings. The van der Waals surface area contributed by atoms with Crippen LogP contribution in [0.4, 0.5) is 0 Å². The molecule has 0 radical (unpaired) electrons. The van der Waals surface area contributed by atoms with Crippen molar-refractivity contribution in [2.24, 2.45) is 0 Å². The van der Waals surface area contributed by atoms with Crippen LogP contribution in [0.3, 0.4) is 0 Å². The first-order chi connectivity index (χ1) is 7.09. The Morgan fingerprint density at radius 2 is 2.00 bits per heavy atom. The van der Waals surface area contributed by atoms with Crippen molar-refractivity contribution in [3.63, 3.8) is 0 Å². The lowest BCUT2D eigenvalue weighted by molar-refractivity contribution is 0.0691. The first-order valence-corrected chi connectivity index (χ1v) is 5.25. The first-order valence-electron chi connectivity index (χ1n) is 4.07. The second-order valence-electron chi connectivity index (χ2n) is 2.93. The molecule has 0 atom stereocenters. The van der Waals surface area contributed by atoms with E-state index in [4.69, 9.17) is 16.7 Å². The number of hydrogen-bond donors (Lipinski definition) is 1. The molecular weight excluding hydrogens is 281 g/mol. The molecular formula is C10H5BrClNO2. The van der Waals surface area contributed by atoms with Gasteiger partial charge in [-0.15, -0.1) is 0 Å². The fourth-order valence-electron chi connectivity index (χ4n) is 1.25. The second kappa shape index (κ2) is 3.79. The summed E-state index contributed by atoms with van der Waals surface area (Å²) in [6, 6.07) is 6.69. The maximum absolute atomic E-state index is 10.7. The smallest absolute Gasteiger partial charge is 0.354 e. The van der Waals surface area contributed by atoms with Crippen molar-refractivity contribution in [2.75, 3.05) is 0 Å². The Morgan fingerprint density at radius 1 is 1.33 bits per heavy atom. The molecule has 0 unspecified atom stereocenters. The molecule has 0 aliphatic carbocycles. The van der Waals surface area contributed by atoms with Crippen LogP contribution in [-0.4, -0.2) is 16.1 Å². The molecule has 1 N–H and O–H groups in total. The van der Waals surface area contributed by atoms with Crippen molar-refractivity contribution in [2.45, 2.75) is 0 Å². The van der Waals surface area contributed by atoms with Crippen molar-refractivity contribution in [1.29, 1.82) is 0 Å². The second-order valence-corrected chi connectivity index (χ2v) is 4.13. The van der Waals surface area contributed by atoms with Crippen molar-refractivity contribution in [3.8, 4) is 0 Å². The third-order valence-corrected chi connectivity index (χ3v) is 3.32. The van der Waals surface area contributed by atoms with Crippen LogP contribution in [0.15, 0.2) is 28.7 Å². The van der Waals surface area contributed by atoms with E-state index in [0.29, 0.717) is 15.0 Å². The molecule has 1 aromatic heterocycles. The van der Waals surface area contributed by atoms with Crippen molar-refractivity contribution < 1.29 is 9.90 Å². The molecule has 15 heavy (non-hydrogen) atoms. The number of carboxylic acids is 1. The van der Waals surface area contributed by atoms with Crippen LogP contribution in [0.1, 0.15) is 10.5 Å². The lowest BCUT2D eigenvalue weighted by atomic mass is 10.2. The minimum atomic E-state index is -1.05. The fourth-order valence-corrected chi connectivity index (χ4v) is 1.85. The molecule has 1 heterocycles. The topological polar surface area (TPSA) is 50.2 Å². The molecule has 1 aromatic carbocycles. The number of aromatic nitrogens is 1. The van der Waals surface area contributed by atoms with Crippen molar-refractivity contribution >= 4 is 44.4 Å². The van der Waals surface area contributed by atoms with Crippen LogP contribution >= 0.6 is 27.5 Å². The molecule has 3 nitrogen and oxygen atoms in total. The summed E-state index contributed by atoms with van der Waals surface area (Å²) >= 11 is 9.16. The van der Waals surface area contributed by atoms with Crippen LogP contribution in [0.5, 0.6) is 0 Å². The third kappa shape index (κ3) is 1.82. The molecule has 0 spiro atoms. The van der Waals surface area contributed by atoms with Gasteiger partial charge in [0.25, 0.3) is 0 Å². The van der Waals surface area contributed by atoms with Gasteiger partial charge in [-0.1, -0.05) is 23.7 Å². The molecule has 0 aliphatic heterocycles. The zero-order valence-electron chi connectivity index (χ0n) is 7.37. The van der Waals surface area contributed by atoms with Gasteiger partial charge in [0.2, 0.25) is 0 Å². The van der Waals surface area contributed by atoms with Gasteiger partial charge in [-0.05, 0) is 28.1 Å². The highest BCUT2D eigenvalue weighted by Gasteiger charge is 2.09. The highest BCUT2D eigenvalue weighted by Crippen LogP contribution is 2.29. The summed E-state index contributed by atoms with van der Waals surface area (Å²) in [6.45, 7) is 0. The zero-order valence-corrected chi connectivity index (χ0v) is 9.71. The van der Waals surface area contributed by atoms with E-state index < -0.39 is 5.97 Å². The first kappa shape index (κ1) is 10.4. The normalized spacial score (nSPS) is 10.5. The molecule has 0 bridgehead atoms. The van der Waals surface area contributed by atoms with Gasteiger partial charge < -0.3 is 5.11 Å². The number of rotatable bonds is 1. The van der Waals surface area contributed by atoms with Gasteiger partial charge in [-0.3, -0.25) is 0 Å². The Morgan fingerprint density at radius 3 is 2.67 bits per heavy atom. The average Bonchev–Trinajstić information content (AvgIpc) is 2.23. The summed E-state index contributed by atoms with van der Waals surface area (Å²) in [5.41, 5.74) is 0.563. The van der Waals surface area contributed by atoms with Crippen LogP contribution in [-0.2, 0) is 0 Å². The molecule has 0 saturated carbocycles. The molecule has 5 heteroatoms. The zero-order chi connectivity index (χ0) is 11.0. The third-order valence-electron chi connectivity index (χ3n) is 1.97. The van der Waals surface area contributed by atoms with E-state index in [-0.39, 0.29) is 5.69 Å². The Hall–Kier alpha value is -1.13. The largest absolute Gasteiger partial charge is 0.477 e. The number of hydrogen-bond acceptors (Lipinski definition) is 2. The van der Waals surface area contributed by atoms with Crippen LogP contribution in [0, 0.1) is 0 Å². The van der Waals surface area contributed by atoms with E-state index in [0.717, 1.165) is 5.39 Å². The highest BCUT2D eigenvalue weighted by atomic mass is 79.9. The minimum absolute atomic E-state index is 0.00506. The molecule has 0 fully saturated rings. The molecule has 2 rings (SSSR count). The van der Waals surface area contributed by atoms with Crippen LogP contribution < -0.4 is 0 Å². The van der Waals surface area contributed by atoms with E-state index in [2.05, 4.69) is 20.9 Å². The number of carboxylic acid groups (broad SMARTS) is 1. The molecule has 76 valence electrons. The lowest BCUT2D eigenvalue weighted by Gasteiger charge is -2.02. The maximum atomic E-state index is 10.7. The average molecular weight is 287 g/mol. The number of halogens is 2. The monoisotopic (exact) mass is 285 g/mol. The van der Waals surface area contributed by atoms with E-state index in [9.17, 15) is 4.79 Å². The summed E-state index contributed by atoms with van der Waals surface area (Å²) in [4.78, 5) is 14.7. The number of nitrogens with zero attached hydrogens (tertiary/aromatic N) is 1.